The van der Waals surface area contributed by atoms with Gasteiger partial charge in [-0.15, -0.1) is 11.3 Å². The number of thiophene rings is 1. The number of rotatable bonds is 3. The number of nitrogens with one attached hydrogen (secondary N) is 2. The van der Waals surface area contributed by atoms with Crippen LogP contribution in [0.4, 0.5) is 11.5 Å². The normalized spacial score (nSPS) is 20.4. The third-order valence-corrected chi connectivity index (χ3v) is 7.78. The fourth-order valence-electron chi connectivity index (χ4n) is 4.77. The van der Waals surface area contributed by atoms with Crippen LogP contribution in [0.3, 0.4) is 0 Å². The number of likely N-dealkylation sites (N-methyl/N-ethyl adjacent to an activating group) is 1. The van der Waals surface area contributed by atoms with Gasteiger partial charge in [0, 0.05) is 63.9 Å². The summed E-state index contributed by atoms with van der Waals surface area (Å²) in [5, 5.41) is 8.53. The van der Waals surface area contributed by atoms with E-state index in [1.54, 1.807) is 6.08 Å². The highest BCUT2D eigenvalue weighted by atomic mass is 32.1. The molecule has 5 heterocycles. The van der Waals surface area contributed by atoms with Gasteiger partial charge in [0.2, 0.25) is 0 Å². The molecule has 1 fully saturated rings. The van der Waals surface area contributed by atoms with Crippen molar-refractivity contribution in [1.82, 2.24) is 20.2 Å². The van der Waals surface area contributed by atoms with Crippen LogP contribution >= 0.6 is 11.3 Å². The number of carbonyl (C=O) groups excluding carboxylic acids is 1. The lowest BCUT2D eigenvalue weighted by atomic mass is 10.1. The van der Waals surface area contributed by atoms with Gasteiger partial charge in [-0.05, 0) is 56.4 Å². The van der Waals surface area contributed by atoms with Gasteiger partial charge < -0.3 is 20.4 Å². The molecule has 3 aromatic heterocycles. The molecule has 0 spiro atoms. The number of piperazine rings is 1. The summed E-state index contributed by atoms with van der Waals surface area (Å²) in [6.45, 7) is 6.55. The molecule has 2 aliphatic heterocycles. The predicted molar refractivity (Wildman–Crippen MR) is 146 cm³/mol. The molecule has 35 heavy (non-hydrogen) atoms. The average molecular weight is 488 g/mol. The molecule has 0 unspecified atom stereocenters. The van der Waals surface area contributed by atoms with Gasteiger partial charge >= 0.3 is 0 Å². The molecular weight excluding hydrogens is 456 g/mol. The number of hydrogen-bond donors (Lipinski definition) is 2. The molecule has 1 atom stereocenters. The van der Waals surface area contributed by atoms with Crippen molar-refractivity contribution >= 4 is 55.8 Å². The van der Waals surface area contributed by atoms with E-state index < -0.39 is 6.98 Å². The number of pyridine rings is 2. The minimum atomic E-state index is -2.08. The van der Waals surface area contributed by atoms with Gasteiger partial charge in [0.1, 0.15) is 10.7 Å². The lowest BCUT2D eigenvalue weighted by Gasteiger charge is -2.33. The van der Waals surface area contributed by atoms with Crippen molar-refractivity contribution in [3.05, 3.63) is 53.5 Å². The maximum Gasteiger partial charge on any atom is 0.263 e. The van der Waals surface area contributed by atoms with E-state index in [0.717, 1.165) is 49.4 Å². The van der Waals surface area contributed by atoms with Crippen molar-refractivity contribution in [2.75, 3.05) is 49.9 Å². The summed E-state index contributed by atoms with van der Waals surface area (Å²) >= 11 is 1.50. The Hall–Kier alpha value is -3.49. The second kappa shape index (κ2) is 8.62. The molecule has 2 N–H and O–H groups in total. The predicted octanol–water partition coefficient (Wildman–Crippen LogP) is 4.45. The fourth-order valence-corrected chi connectivity index (χ4v) is 5.87. The summed E-state index contributed by atoms with van der Waals surface area (Å²) in [6.07, 6.45) is 1.72. The number of aromatic nitrogens is 2. The van der Waals surface area contributed by atoms with E-state index in [1.807, 2.05) is 37.3 Å². The highest BCUT2D eigenvalue weighted by molar-refractivity contribution is 7.21. The van der Waals surface area contributed by atoms with Gasteiger partial charge in [-0.2, -0.15) is 0 Å². The van der Waals surface area contributed by atoms with Crippen LogP contribution in [0.15, 0.2) is 43.0 Å². The number of nitrogens with zero attached hydrogens (tertiary/aromatic N) is 4. The summed E-state index contributed by atoms with van der Waals surface area (Å²) in [7, 11) is 0. The fraction of sp³-hybridized carbons (Fsp3) is 0.296. The quantitative estimate of drug-likeness (QED) is 0.445. The number of benzene rings is 1. The van der Waals surface area contributed by atoms with E-state index in [1.165, 1.54) is 16.2 Å². The topological polar surface area (TPSA) is 73.4 Å². The minimum Gasteiger partial charge on any atom is -0.381 e. The first-order chi connectivity index (χ1) is 18.2. The maximum absolute atomic E-state index is 12.7. The van der Waals surface area contributed by atoms with Gasteiger partial charge in [-0.3, -0.25) is 4.79 Å². The Morgan fingerprint density at radius 2 is 2.03 bits per heavy atom. The van der Waals surface area contributed by atoms with E-state index in [4.69, 9.17) is 14.1 Å². The standard InChI is InChI=1S/C27H28N6OS/c1-4-18-13-17(14-23(30-18)33-11-9-32(3)10-12-33)20-6-5-19-21(31-20)7-8-22-24(19)25-26(35-22)27(34)29-16(2)15-28-25/h4-8,13-14,16,28H,1,9-12,15H2,2-3H3,(H,29,34)/t16-/m1/s1/i3D3. The van der Waals surface area contributed by atoms with Crippen LogP contribution in [-0.2, 0) is 0 Å². The zero-order valence-corrected chi connectivity index (χ0v) is 20.3. The van der Waals surface area contributed by atoms with Crippen LogP contribution in [-0.4, -0.2) is 66.5 Å². The van der Waals surface area contributed by atoms with Crippen molar-refractivity contribution < 1.29 is 8.91 Å². The molecule has 1 saturated heterocycles. The smallest absolute Gasteiger partial charge is 0.263 e. The first kappa shape index (κ1) is 18.8. The van der Waals surface area contributed by atoms with E-state index in [2.05, 4.69) is 28.2 Å². The van der Waals surface area contributed by atoms with Gasteiger partial charge in [-0.25, -0.2) is 9.97 Å². The Balaban J connectivity index is 1.38. The van der Waals surface area contributed by atoms with Crippen LogP contribution in [0.5, 0.6) is 0 Å². The molecule has 178 valence electrons. The first-order valence-electron chi connectivity index (χ1n) is 13.3. The van der Waals surface area contributed by atoms with Crippen molar-refractivity contribution in [3.8, 4) is 11.3 Å². The van der Waals surface area contributed by atoms with E-state index >= 15 is 0 Å². The lowest BCUT2D eigenvalue weighted by Crippen LogP contribution is -2.44. The molecule has 8 heteroatoms. The van der Waals surface area contributed by atoms with Gasteiger partial charge in [0.25, 0.3) is 5.91 Å². The Labute approximate surface area is 212 Å². The molecule has 2 aliphatic rings. The van der Waals surface area contributed by atoms with Gasteiger partial charge in [0.05, 0.1) is 22.6 Å². The Bertz CT molecular complexity index is 1570. The monoisotopic (exact) mass is 487 g/mol. The number of amides is 1. The summed E-state index contributed by atoms with van der Waals surface area (Å²) in [5.41, 5.74) is 4.19. The van der Waals surface area contributed by atoms with Crippen molar-refractivity contribution in [2.45, 2.75) is 13.0 Å². The summed E-state index contributed by atoms with van der Waals surface area (Å²) < 4.78 is 24.1. The second-order valence-electron chi connectivity index (χ2n) is 9.08. The van der Waals surface area contributed by atoms with Crippen molar-refractivity contribution in [3.63, 3.8) is 0 Å². The molecule has 4 aromatic rings. The third kappa shape index (κ3) is 3.92. The summed E-state index contributed by atoms with van der Waals surface area (Å²) in [5.74, 6) is 0.741. The highest BCUT2D eigenvalue weighted by Gasteiger charge is 2.25. The number of fused-ring (bicyclic) bond motifs is 5. The summed E-state index contributed by atoms with van der Waals surface area (Å²) in [6, 6.07) is 12.1. The first-order valence-corrected chi connectivity index (χ1v) is 12.6. The van der Waals surface area contributed by atoms with E-state index in [0.29, 0.717) is 37.6 Å². The maximum atomic E-state index is 12.7. The van der Waals surface area contributed by atoms with Crippen LogP contribution < -0.4 is 15.5 Å². The van der Waals surface area contributed by atoms with Crippen LogP contribution in [0.25, 0.3) is 38.3 Å². The Kier molecular flexibility index (Phi) is 4.63. The zero-order chi connectivity index (χ0) is 26.6. The number of carbonyl (C=O) groups is 1. The Morgan fingerprint density at radius 1 is 1.17 bits per heavy atom. The van der Waals surface area contributed by atoms with Crippen molar-refractivity contribution in [1.29, 1.82) is 0 Å². The SMILES string of the molecule is [2H]C([2H])([2H])N1CCN(c2cc(-c3ccc4c(ccc5sc6c(c54)NC[C@@H](C)NC6=O)n3)cc(C=C)n2)CC1. The lowest BCUT2D eigenvalue weighted by molar-refractivity contribution is 0.0949. The average Bonchev–Trinajstić information content (AvgIpc) is 3.23. The minimum absolute atomic E-state index is 0.0441. The molecule has 6 rings (SSSR count). The van der Waals surface area contributed by atoms with Gasteiger partial charge in [0.15, 0.2) is 0 Å². The number of anilines is 2. The Morgan fingerprint density at radius 3 is 2.83 bits per heavy atom. The largest absolute Gasteiger partial charge is 0.381 e. The van der Waals surface area contributed by atoms with Gasteiger partial charge in [-0.1, -0.05) is 6.58 Å². The molecule has 1 aromatic carbocycles. The number of hydrogen-bond acceptors (Lipinski definition) is 7. The van der Waals surface area contributed by atoms with Crippen molar-refractivity contribution in [2.24, 2.45) is 0 Å². The van der Waals surface area contributed by atoms with Crippen LogP contribution in [0, 0.1) is 0 Å². The van der Waals surface area contributed by atoms with Crippen LogP contribution in [0.2, 0.25) is 0 Å². The molecule has 7 nitrogen and oxygen atoms in total. The van der Waals surface area contributed by atoms with Crippen LogP contribution in [0.1, 0.15) is 26.4 Å². The second-order valence-corrected chi connectivity index (χ2v) is 10.1. The van der Waals surface area contributed by atoms with E-state index in [-0.39, 0.29) is 11.9 Å². The molecule has 0 aliphatic carbocycles. The zero-order valence-electron chi connectivity index (χ0n) is 22.5. The molecule has 1 amide bonds. The van der Waals surface area contributed by atoms with E-state index in [9.17, 15) is 4.79 Å². The molecule has 0 radical (unpaired) electrons. The summed E-state index contributed by atoms with van der Waals surface area (Å²) in [4.78, 5) is 26.8. The molecular formula is C27H28N6OS. The third-order valence-electron chi connectivity index (χ3n) is 6.63. The highest BCUT2D eigenvalue weighted by Crippen LogP contribution is 2.41. The molecule has 0 saturated carbocycles. The molecule has 0 bridgehead atoms.